The largest absolute Gasteiger partial charge is 1.00 e. The van der Waals surface area contributed by atoms with Crippen LogP contribution in [0.2, 0.25) is 0 Å². The Kier molecular flexibility index (Phi) is 27.8. The summed E-state index contributed by atoms with van der Waals surface area (Å²) < 4.78 is 34.6. The zero-order chi connectivity index (χ0) is 17.1. The molecule has 23 heavy (non-hydrogen) atoms. The van der Waals surface area contributed by atoms with Gasteiger partial charge in [0.25, 0.3) is 0 Å². The van der Waals surface area contributed by atoms with E-state index in [0.29, 0.717) is 6.42 Å². The van der Waals surface area contributed by atoms with Gasteiger partial charge in [-0.2, -0.15) is 0 Å². The van der Waals surface area contributed by atoms with Gasteiger partial charge >= 0.3 is 29.6 Å². The topological polar surface area (TPSA) is 83.5 Å². The minimum atomic E-state index is -4.49. The molecule has 5 nitrogen and oxygen atoms in total. The van der Waals surface area contributed by atoms with Crippen LogP contribution in [-0.4, -0.2) is 25.9 Å². The molecule has 0 unspecified atom stereocenters. The molecule has 0 spiro atoms. The number of rotatable bonds is 14. The van der Waals surface area contributed by atoms with Crippen LogP contribution in [0.15, 0.2) is 0 Å². The maximum Gasteiger partial charge on any atom is 1.00 e. The van der Waals surface area contributed by atoms with Gasteiger partial charge in [0.15, 0.2) is 0 Å². The van der Waals surface area contributed by atoms with Crippen molar-refractivity contribution < 1.29 is 51.5 Å². The van der Waals surface area contributed by atoms with Crippen molar-refractivity contribution >= 4 is 16.7 Å². The third-order valence-corrected chi connectivity index (χ3v) is 3.68. The van der Waals surface area contributed by atoms with Crippen molar-refractivity contribution in [1.29, 1.82) is 0 Å². The molecule has 0 N–H and O–H groups in total. The molecule has 134 valence electrons. The summed E-state index contributed by atoms with van der Waals surface area (Å²) in [7, 11) is -4.49. The maximum atomic E-state index is 10.2. The normalized spacial score (nSPS) is 10.4. The van der Waals surface area contributed by atoms with E-state index in [-0.39, 0.29) is 36.2 Å². The van der Waals surface area contributed by atoms with Crippen LogP contribution in [0.5, 0.6) is 0 Å². The second-order valence-corrected chi connectivity index (χ2v) is 6.41. The molecule has 0 aliphatic heterocycles. The Morgan fingerprint density at radius 1 is 0.826 bits per heavy atom. The number of carbonyl (C=O) groups is 1. The molecule has 0 amide bonds. The molecule has 0 aromatic rings. The Bertz CT molecular complexity index is 320. The molecule has 0 heterocycles. The van der Waals surface area contributed by atoms with Gasteiger partial charge in [-0.05, 0) is 13.3 Å². The first-order valence-corrected chi connectivity index (χ1v) is 9.81. The van der Waals surface area contributed by atoms with Gasteiger partial charge in [-0.25, -0.2) is 8.42 Å². The molecule has 0 saturated carbocycles. The minimum absolute atomic E-state index is 0. The third-order valence-electron chi connectivity index (χ3n) is 3.23. The minimum Gasteiger partial charge on any atom is -0.726 e. The SMILES string of the molecule is CC=O.CCCCCCCCCCCCCCOS(=O)(=O)[O-].[Na+]. The summed E-state index contributed by atoms with van der Waals surface area (Å²) >= 11 is 0. The molecule has 0 aromatic heterocycles. The van der Waals surface area contributed by atoms with Gasteiger partial charge in [0, 0.05) is 0 Å². The van der Waals surface area contributed by atoms with Crippen molar-refractivity contribution in [3.05, 3.63) is 0 Å². The summed E-state index contributed by atoms with van der Waals surface area (Å²) in [4.78, 5) is 8.81. The summed E-state index contributed by atoms with van der Waals surface area (Å²) in [5, 5.41) is 0. The molecule has 0 saturated heterocycles. The molecule has 0 aliphatic rings. The fourth-order valence-electron chi connectivity index (χ4n) is 2.10. The first-order chi connectivity index (χ1) is 10.5. The van der Waals surface area contributed by atoms with E-state index in [2.05, 4.69) is 11.1 Å². The summed E-state index contributed by atoms with van der Waals surface area (Å²) in [5.41, 5.74) is 0. The molecule has 0 bridgehead atoms. The van der Waals surface area contributed by atoms with E-state index >= 15 is 0 Å². The first kappa shape index (κ1) is 28.3. The van der Waals surface area contributed by atoms with E-state index in [9.17, 15) is 13.0 Å². The molecule has 0 radical (unpaired) electrons. The smallest absolute Gasteiger partial charge is 0.726 e. The number of unbranched alkanes of at least 4 members (excludes halogenated alkanes) is 11. The van der Waals surface area contributed by atoms with Crippen LogP contribution < -0.4 is 29.6 Å². The van der Waals surface area contributed by atoms with Crippen LogP contribution in [0.25, 0.3) is 0 Å². The van der Waals surface area contributed by atoms with Crippen molar-refractivity contribution in [2.45, 2.75) is 90.9 Å². The van der Waals surface area contributed by atoms with Crippen molar-refractivity contribution in [3.63, 3.8) is 0 Å². The van der Waals surface area contributed by atoms with Crippen LogP contribution in [-0.2, 0) is 19.4 Å². The zero-order valence-electron chi connectivity index (χ0n) is 15.2. The van der Waals surface area contributed by atoms with Gasteiger partial charge in [0.2, 0.25) is 10.4 Å². The zero-order valence-corrected chi connectivity index (χ0v) is 18.0. The van der Waals surface area contributed by atoms with E-state index in [1.165, 1.54) is 64.7 Å². The van der Waals surface area contributed by atoms with Gasteiger partial charge in [-0.15, -0.1) is 0 Å². The summed E-state index contributed by atoms with van der Waals surface area (Å²) in [6, 6.07) is 0. The fraction of sp³-hybridized carbons (Fsp3) is 0.938. The summed E-state index contributed by atoms with van der Waals surface area (Å²) in [5.74, 6) is 0. The Morgan fingerprint density at radius 3 is 1.43 bits per heavy atom. The van der Waals surface area contributed by atoms with Gasteiger partial charge < -0.3 is 9.35 Å². The van der Waals surface area contributed by atoms with E-state index in [1.807, 2.05) is 0 Å². The van der Waals surface area contributed by atoms with Gasteiger partial charge in [0.05, 0.1) is 6.61 Å². The first-order valence-electron chi connectivity index (χ1n) is 8.48. The molecule has 0 aromatic carbocycles. The van der Waals surface area contributed by atoms with Crippen molar-refractivity contribution in [2.75, 3.05) is 6.61 Å². The van der Waals surface area contributed by atoms with E-state index in [1.54, 1.807) is 0 Å². The molecule has 0 aliphatic carbocycles. The quantitative estimate of drug-likeness (QED) is 0.154. The van der Waals surface area contributed by atoms with Crippen molar-refractivity contribution in [3.8, 4) is 0 Å². The average Bonchev–Trinajstić information content (AvgIpc) is 2.43. The summed E-state index contributed by atoms with van der Waals surface area (Å²) in [6.07, 6.45) is 15.3. The third kappa shape index (κ3) is 34.8. The van der Waals surface area contributed by atoms with Crippen LogP contribution >= 0.6 is 0 Å². The predicted octanol–water partition coefficient (Wildman–Crippen LogP) is 1.37. The Hall–Kier alpha value is 0.540. The monoisotopic (exact) mass is 360 g/mol. The van der Waals surface area contributed by atoms with Gasteiger partial charge in [0.1, 0.15) is 6.29 Å². The molecular weight excluding hydrogens is 327 g/mol. The molecular formula is C16H33NaO5S. The van der Waals surface area contributed by atoms with Crippen molar-refractivity contribution in [2.24, 2.45) is 0 Å². The number of carbonyl (C=O) groups excluding carboxylic acids is 1. The maximum absolute atomic E-state index is 10.2. The Labute approximate surface area is 165 Å². The molecule has 0 rings (SSSR count). The van der Waals surface area contributed by atoms with E-state index in [0.717, 1.165) is 19.1 Å². The van der Waals surface area contributed by atoms with Crippen molar-refractivity contribution in [1.82, 2.24) is 0 Å². The number of hydrogen-bond donors (Lipinski definition) is 0. The van der Waals surface area contributed by atoms with E-state index < -0.39 is 10.4 Å². The molecule has 0 fully saturated rings. The standard InChI is InChI=1S/C14H30O4S.C2H4O.Na/c1-2-3-4-5-6-7-8-9-10-11-12-13-14-18-19(15,16)17;1-2-3;/h2-14H2,1H3,(H,15,16,17);2H,1H3;/q;;+1/p-1. The van der Waals surface area contributed by atoms with Crippen LogP contribution in [0.3, 0.4) is 0 Å². The van der Waals surface area contributed by atoms with Crippen LogP contribution in [0.1, 0.15) is 90.9 Å². The second-order valence-electron chi connectivity index (χ2n) is 5.36. The van der Waals surface area contributed by atoms with Gasteiger partial charge in [-0.3, -0.25) is 4.18 Å². The van der Waals surface area contributed by atoms with Crippen LogP contribution in [0, 0.1) is 0 Å². The number of aldehydes is 1. The molecule has 7 heteroatoms. The second kappa shape index (κ2) is 22.5. The summed E-state index contributed by atoms with van der Waals surface area (Å²) in [6.45, 7) is 3.71. The Balaban J connectivity index is -0.000000920. The number of hydrogen-bond acceptors (Lipinski definition) is 5. The van der Waals surface area contributed by atoms with Gasteiger partial charge in [-0.1, -0.05) is 77.6 Å². The Morgan fingerprint density at radius 2 is 1.13 bits per heavy atom. The average molecular weight is 360 g/mol. The van der Waals surface area contributed by atoms with E-state index in [4.69, 9.17) is 4.79 Å². The predicted molar refractivity (Wildman–Crippen MR) is 88.5 cm³/mol. The fourth-order valence-corrected chi connectivity index (χ4v) is 2.43. The van der Waals surface area contributed by atoms with Crippen LogP contribution in [0.4, 0.5) is 0 Å². The molecule has 0 atom stereocenters.